The Kier molecular flexibility index (Phi) is 9.33. The molecule has 2 aromatic carbocycles. The first kappa shape index (κ1) is 33.6. The number of amides is 1. The molecule has 2 bridgehead atoms. The number of carboxylic acid groups (broad SMARTS) is 1. The first-order valence-electron chi connectivity index (χ1n) is 16.7. The molecular weight excluding hydrogens is 626 g/mol. The van der Waals surface area contributed by atoms with Gasteiger partial charge in [0.15, 0.2) is 12.6 Å². The maximum absolute atomic E-state index is 16.8. The number of methoxy groups -OCH3 is 1. The Morgan fingerprint density at radius 2 is 1.73 bits per heavy atom. The number of aromatic nitrogens is 3. The van der Waals surface area contributed by atoms with Crippen molar-refractivity contribution in [2.24, 2.45) is 0 Å². The van der Waals surface area contributed by atoms with Gasteiger partial charge in [-0.15, -0.1) is 5.54 Å². The second-order valence-corrected chi connectivity index (χ2v) is 19.5. The van der Waals surface area contributed by atoms with E-state index in [1.807, 2.05) is 29.2 Å². The third-order valence-corrected chi connectivity index (χ3v) is 16.7. The van der Waals surface area contributed by atoms with E-state index in [-0.39, 0.29) is 30.1 Å². The Labute approximate surface area is 282 Å². The van der Waals surface area contributed by atoms with Crippen LogP contribution < -0.4 is 9.64 Å². The minimum absolute atomic E-state index is 0.0388. The molecule has 0 spiro atoms. The van der Waals surface area contributed by atoms with E-state index < -0.39 is 20.0 Å². The number of nitrogens with zero attached hydrogens (tertiary/aromatic N) is 5. The van der Waals surface area contributed by atoms with Gasteiger partial charge in [0.1, 0.15) is 37.2 Å². The van der Waals surface area contributed by atoms with Crippen LogP contribution in [0.25, 0.3) is 32.9 Å². The molecule has 2 atom stereocenters. The van der Waals surface area contributed by atoms with Gasteiger partial charge in [0, 0.05) is 42.9 Å². The van der Waals surface area contributed by atoms with Crippen LogP contribution in [0.2, 0.25) is 16.6 Å². The lowest BCUT2D eigenvalue weighted by molar-refractivity contribution is 0.0512. The second kappa shape index (κ2) is 13.3. The molecule has 6 rings (SSSR count). The Morgan fingerprint density at radius 3 is 2.35 bits per heavy atom. The van der Waals surface area contributed by atoms with Gasteiger partial charge in [-0.05, 0) is 53.1 Å². The fourth-order valence-electron chi connectivity index (χ4n) is 8.32. The first-order chi connectivity index (χ1) is 23.0. The van der Waals surface area contributed by atoms with E-state index in [9.17, 15) is 9.90 Å². The van der Waals surface area contributed by atoms with E-state index in [2.05, 4.69) is 63.0 Å². The standard InChI is InChI=1S/C37H44FN5O4Si/c1-22(2)48(23(3)4,24(5)6)14-13-25-9-8-10-26-15-29(47-21-46-7)16-30(32(25)26)34-33(38)35-31(17-39-34)36(41-20-40-35)42-18-27-11-12-28(19-42)43(27)37(44)45/h8-10,15-17,20,22-24,27-28H,11-12,18-19,21H2,1-7H3,(H,44,45). The zero-order valence-electron chi connectivity index (χ0n) is 28.7. The van der Waals surface area contributed by atoms with Crippen molar-refractivity contribution < 1.29 is 23.8 Å². The number of fused-ring (bicyclic) bond motifs is 4. The summed E-state index contributed by atoms with van der Waals surface area (Å²) in [6.45, 7) is 14.7. The number of ether oxygens (including phenoxy) is 2. The molecule has 1 amide bonds. The van der Waals surface area contributed by atoms with Crippen molar-refractivity contribution in [1.82, 2.24) is 19.9 Å². The number of pyridine rings is 1. The molecule has 0 saturated carbocycles. The van der Waals surface area contributed by atoms with Crippen molar-refractivity contribution in [3.63, 3.8) is 0 Å². The summed E-state index contributed by atoms with van der Waals surface area (Å²) in [5, 5.41) is 11.9. The van der Waals surface area contributed by atoms with Crippen molar-refractivity contribution in [2.45, 2.75) is 83.1 Å². The van der Waals surface area contributed by atoms with Gasteiger partial charge in [0.25, 0.3) is 0 Å². The molecule has 0 radical (unpaired) electrons. The van der Waals surface area contributed by atoms with Crippen LogP contribution >= 0.6 is 0 Å². The van der Waals surface area contributed by atoms with Crippen LogP contribution in [0.3, 0.4) is 0 Å². The van der Waals surface area contributed by atoms with Crippen LogP contribution in [0.4, 0.5) is 15.0 Å². The van der Waals surface area contributed by atoms with Crippen molar-refractivity contribution in [2.75, 3.05) is 31.9 Å². The van der Waals surface area contributed by atoms with Crippen LogP contribution in [-0.2, 0) is 4.74 Å². The molecule has 2 aromatic heterocycles. The molecule has 2 aliphatic rings. The topological polar surface area (TPSA) is 101 Å². The van der Waals surface area contributed by atoms with Crippen molar-refractivity contribution in [1.29, 1.82) is 0 Å². The molecule has 1 N–H and O–H groups in total. The SMILES string of the molecule is COCOc1cc(-c2ncc3c(N4CC5CCC(C4)N5C(=O)O)ncnc3c2F)c2c(C#C[Si](C(C)C)(C(C)C)C(C)C)cccc2c1. The van der Waals surface area contributed by atoms with Crippen LogP contribution in [0.1, 0.15) is 59.9 Å². The predicted molar refractivity (Wildman–Crippen MR) is 190 cm³/mol. The summed E-state index contributed by atoms with van der Waals surface area (Å²) in [5.41, 5.74) is 6.90. The average Bonchev–Trinajstić information content (AvgIpc) is 3.33. The molecule has 2 aliphatic heterocycles. The van der Waals surface area contributed by atoms with Gasteiger partial charge in [-0.3, -0.25) is 9.88 Å². The molecule has 9 nitrogen and oxygen atoms in total. The van der Waals surface area contributed by atoms with Crippen molar-refractivity contribution in [3.8, 4) is 28.5 Å². The fourth-order valence-corrected chi connectivity index (χ4v) is 13.5. The number of piperazine rings is 1. The highest BCUT2D eigenvalue weighted by Crippen LogP contribution is 2.42. The highest BCUT2D eigenvalue weighted by atomic mass is 28.3. The lowest BCUT2D eigenvalue weighted by Gasteiger charge is -2.40. The van der Waals surface area contributed by atoms with E-state index in [0.717, 1.165) is 29.2 Å². The molecule has 4 heterocycles. The Balaban J connectivity index is 1.51. The number of hydrogen-bond acceptors (Lipinski definition) is 7. The second-order valence-electron chi connectivity index (χ2n) is 13.9. The largest absolute Gasteiger partial charge is 0.468 e. The minimum atomic E-state index is -2.06. The summed E-state index contributed by atoms with van der Waals surface area (Å²) < 4.78 is 27.9. The molecule has 2 fully saturated rings. The number of anilines is 1. The van der Waals surface area contributed by atoms with Crippen LogP contribution in [0.5, 0.6) is 5.75 Å². The number of hydrogen-bond donors (Lipinski definition) is 1. The van der Waals surface area contributed by atoms with Gasteiger partial charge in [-0.2, -0.15) is 0 Å². The maximum atomic E-state index is 16.8. The molecule has 2 saturated heterocycles. The highest BCUT2D eigenvalue weighted by Gasteiger charge is 2.44. The zero-order valence-corrected chi connectivity index (χ0v) is 29.7. The van der Waals surface area contributed by atoms with Crippen LogP contribution in [0, 0.1) is 17.3 Å². The summed E-state index contributed by atoms with van der Waals surface area (Å²) >= 11 is 0. The lowest BCUT2D eigenvalue weighted by Crippen LogP contribution is -2.55. The molecule has 2 unspecified atom stereocenters. The summed E-state index contributed by atoms with van der Waals surface area (Å²) in [5.74, 6) is 4.12. The quantitative estimate of drug-likeness (QED) is 0.115. The van der Waals surface area contributed by atoms with Gasteiger partial charge in [0.2, 0.25) is 0 Å². The van der Waals surface area contributed by atoms with Gasteiger partial charge in [-0.1, -0.05) is 59.6 Å². The fraction of sp³-hybridized carbons (Fsp3) is 0.459. The van der Waals surface area contributed by atoms with Gasteiger partial charge < -0.3 is 19.5 Å². The molecule has 4 aromatic rings. The Hall–Kier alpha value is -4.27. The lowest BCUT2D eigenvalue weighted by atomic mass is 9.96. The smallest absolute Gasteiger partial charge is 0.407 e. The average molecular weight is 670 g/mol. The van der Waals surface area contributed by atoms with E-state index in [0.29, 0.717) is 52.2 Å². The van der Waals surface area contributed by atoms with Crippen molar-refractivity contribution >= 4 is 41.7 Å². The summed E-state index contributed by atoms with van der Waals surface area (Å²) in [6, 6.07) is 9.41. The van der Waals surface area contributed by atoms with Crippen molar-refractivity contribution in [3.05, 3.63) is 54.2 Å². The number of halogens is 1. The van der Waals surface area contributed by atoms with Gasteiger partial charge >= 0.3 is 6.09 Å². The third kappa shape index (κ3) is 5.75. The first-order valence-corrected chi connectivity index (χ1v) is 19.0. The summed E-state index contributed by atoms with van der Waals surface area (Å²) in [6.07, 6.45) is 3.69. The minimum Gasteiger partial charge on any atom is -0.468 e. The van der Waals surface area contributed by atoms with E-state index >= 15 is 4.39 Å². The Bertz CT molecular complexity index is 1890. The zero-order chi connectivity index (χ0) is 34.3. The molecule has 0 aliphatic carbocycles. The molecule has 48 heavy (non-hydrogen) atoms. The molecule has 11 heteroatoms. The molecular formula is C37H44FN5O4Si. The van der Waals surface area contributed by atoms with Gasteiger partial charge in [-0.25, -0.2) is 19.2 Å². The monoisotopic (exact) mass is 669 g/mol. The van der Waals surface area contributed by atoms with Gasteiger partial charge in [0.05, 0.1) is 17.5 Å². The Morgan fingerprint density at radius 1 is 1.04 bits per heavy atom. The van der Waals surface area contributed by atoms with E-state index in [4.69, 9.17) is 14.5 Å². The third-order valence-electron chi connectivity index (χ3n) is 10.4. The number of rotatable bonds is 8. The highest BCUT2D eigenvalue weighted by molar-refractivity contribution is 6.90. The van der Waals surface area contributed by atoms with Crippen LogP contribution in [-0.4, -0.2) is 78.2 Å². The van der Waals surface area contributed by atoms with Crippen LogP contribution in [0.15, 0.2) is 42.9 Å². The number of benzene rings is 2. The molecule has 252 valence electrons. The summed E-state index contributed by atoms with van der Waals surface area (Å²) in [7, 11) is -0.504. The van der Waals surface area contributed by atoms with E-state index in [1.165, 1.54) is 6.33 Å². The van der Waals surface area contributed by atoms with E-state index in [1.54, 1.807) is 24.3 Å². The predicted octanol–water partition coefficient (Wildman–Crippen LogP) is 7.87. The summed E-state index contributed by atoms with van der Waals surface area (Å²) in [4.78, 5) is 29.1. The number of carbonyl (C=O) groups is 1. The normalized spacial score (nSPS) is 17.9. The maximum Gasteiger partial charge on any atom is 0.407 e.